The predicted molar refractivity (Wildman–Crippen MR) is 141 cm³/mol. The summed E-state index contributed by atoms with van der Waals surface area (Å²) in [5.41, 5.74) is 2.00. The zero-order chi connectivity index (χ0) is 27.4. The Bertz CT molecular complexity index is 1020. The maximum atomic E-state index is 13.3. The summed E-state index contributed by atoms with van der Waals surface area (Å²) in [7, 11) is 3.67. The average molecular weight is 516 g/mol. The van der Waals surface area contributed by atoms with Gasteiger partial charge in [-0.2, -0.15) is 0 Å². The van der Waals surface area contributed by atoms with E-state index >= 15 is 0 Å². The lowest BCUT2D eigenvalue weighted by molar-refractivity contribution is -0.165. The highest BCUT2D eigenvalue weighted by atomic mass is 16.6. The molecular formula is C29H41NO7. The first-order valence-electron chi connectivity index (χ1n) is 12.8. The highest BCUT2D eigenvalue weighted by molar-refractivity contribution is 6.06. The molecule has 0 heterocycles. The molecule has 2 aromatic rings. The highest BCUT2D eigenvalue weighted by Crippen LogP contribution is 2.35. The van der Waals surface area contributed by atoms with Crippen molar-refractivity contribution in [2.45, 2.75) is 58.7 Å². The van der Waals surface area contributed by atoms with Gasteiger partial charge in [0, 0.05) is 6.54 Å². The van der Waals surface area contributed by atoms with Crippen LogP contribution in [0.25, 0.3) is 0 Å². The number of hydrogen-bond acceptors (Lipinski definition) is 8. The maximum Gasteiger partial charge on any atom is 0.328 e. The molecular weight excluding hydrogens is 474 g/mol. The van der Waals surface area contributed by atoms with Crippen molar-refractivity contribution in [1.82, 2.24) is 4.90 Å². The van der Waals surface area contributed by atoms with E-state index in [1.165, 1.54) is 5.56 Å². The number of esters is 2. The number of hydrogen-bond donors (Lipinski definition) is 2. The number of ether oxygens (including phenoxy) is 3. The minimum Gasteiger partial charge on any atom is -0.496 e. The summed E-state index contributed by atoms with van der Waals surface area (Å²) in [6.45, 7) is 6.48. The van der Waals surface area contributed by atoms with Crippen LogP contribution in [0.1, 0.15) is 54.5 Å². The first-order chi connectivity index (χ1) is 17.8. The van der Waals surface area contributed by atoms with Crippen molar-refractivity contribution in [3.05, 3.63) is 64.2 Å². The molecule has 204 valence electrons. The third-order valence-electron chi connectivity index (χ3n) is 6.62. The molecule has 2 N–H and O–H groups in total. The Hall–Kier alpha value is -2.94. The molecule has 0 atom stereocenters. The highest BCUT2D eigenvalue weighted by Gasteiger charge is 2.50. The van der Waals surface area contributed by atoms with Crippen LogP contribution in [0.4, 0.5) is 0 Å². The van der Waals surface area contributed by atoms with Gasteiger partial charge in [0.25, 0.3) is 0 Å². The van der Waals surface area contributed by atoms with Crippen LogP contribution in [-0.4, -0.2) is 67.5 Å². The van der Waals surface area contributed by atoms with Crippen LogP contribution >= 0.6 is 0 Å². The summed E-state index contributed by atoms with van der Waals surface area (Å²) in [4.78, 5) is 28.9. The fraction of sp³-hybridized carbons (Fsp3) is 0.517. The molecule has 0 aliphatic heterocycles. The van der Waals surface area contributed by atoms with Gasteiger partial charge in [-0.15, -0.1) is 0 Å². The maximum absolute atomic E-state index is 13.3. The van der Waals surface area contributed by atoms with E-state index in [9.17, 15) is 19.8 Å². The van der Waals surface area contributed by atoms with E-state index in [-0.39, 0.29) is 32.8 Å². The largest absolute Gasteiger partial charge is 0.496 e. The van der Waals surface area contributed by atoms with E-state index in [0.29, 0.717) is 29.7 Å². The molecule has 0 aliphatic carbocycles. The number of carbonyl (C=O) groups excluding carboxylic acids is 2. The molecule has 37 heavy (non-hydrogen) atoms. The van der Waals surface area contributed by atoms with E-state index in [4.69, 9.17) is 14.2 Å². The number of rotatable bonds is 15. The zero-order valence-corrected chi connectivity index (χ0v) is 22.7. The van der Waals surface area contributed by atoms with Gasteiger partial charge in [0.2, 0.25) is 0 Å². The second-order valence-electron chi connectivity index (χ2n) is 9.11. The molecule has 0 radical (unpaired) electrons. The summed E-state index contributed by atoms with van der Waals surface area (Å²) in [5, 5.41) is 19.4. The van der Waals surface area contributed by atoms with Gasteiger partial charge in [0.05, 0.1) is 33.5 Å². The summed E-state index contributed by atoms with van der Waals surface area (Å²) in [5.74, 6) is -0.487. The van der Waals surface area contributed by atoms with Crippen LogP contribution in [0.2, 0.25) is 0 Å². The van der Waals surface area contributed by atoms with E-state index in [1.54, 1.807) is 39.2 Å². The number of likely N-dealkylation sites (N-methyl/N-ethyl adjacent to an activating group) is 1. The molecule has 0 saturated carbocycles. The Labute approximate surface area is 220 Å². The third kappa shape index (κ3) is 7.53. The Balaban J connectivity index is 2.24. The standard InChI is InChI=1S/C29H41NO7/c1-6-36-27(33)29(28(34)37-7-2,25-11-10-23(19-31)24(18-25)20-32)14-8-15-30(4)16-13-22-9-12-26(35-5)21(3)17-22/h9-12,17-18,31-32H,6-8,13-16,19-20H2,1-5H3. The predicted octanol–water partition coefficient (Wildman–Crippen LogP) is 3.31. The van der Waals surface area contributed by atoms with Gasteiger partial charge in [-0.25, -0.2) is 0 Å². The Morgan fingerprint density at radius 1 is 0.919 bits per heavy atom. The number of benzene rings is 2. The Kier molecular flexibility index (Phi) is 12.0. The Morgan fingerprint density at radius 2 is 1.57 bits per heavy atom. The molecule has 0 aromatic heterocycles. The van der Waals surface area contributed by atoms with Gasteiger partial charge in [-0.05, 0) is 87.5 Å². The molecule has 0 aliphatic rings. The molecule has 8 nitrogen and oxygen atoms in total. The lowest BCUT2D eigenvalue weighted by Gasteiger charge is -2.31. The first kappa shape index (κ1) is 30.3. The molecule has 2 rings (SSSR count). The Morgan fingerprint density at radius 3 is 2.11 bits per heavy atom. The SMILES string of the molecule is CCOC(=O)C(CCCN(C)CCc1ccc(OC)c(C)c1)(C(=O)OCC)c1ccc(CO)c(CO)c1. The van der Waals surface area contributed by atoms with Crippen molar-refractivity contribution < 1.29 is 34.0 Å². The minimum atomic E-state index is -1.67. The van der Waals surface area contributed by atoms with Crippen LogP contribution in [-0.2, 0) is 44.1 Å². The van der Waals surface area contributed by atoms with Crippen molar-refractivity contribution in [1.29, 1.82) is 0 Å². The smallest absolute Gasteiger partial charge is 0.328 e. The summed E-state index contributed by atoms with van der Waals surface area (Å²) in [6.07, 6.45) is 1.57. The van der Waals surface area contributed by atoms with Gasteiger partial charge in [-0.3, -0.25) is 9.59 Å². The average Bonchev–Trinajstić information content (AvgIpc) is 2.89. The van der Waals surface area contributed by atoms with E-state index in [1.807, 2.05) is 20.0 Å². The lowest BCUT2D eigenvalue weighted by atomic mass is 9.75. The molecule has 0 amide bonds. The molecule has 0 saturated heterocycles. The van der Waals surface area contributed by atoms with Gasteiger partial charge in [-0.1, -0.05) is 30.3 Å². The normalized spacial score (nSPS) is 11.5. The second kappa shape index (κ2) is 14.7. The summed E-state index contributed by atoms with van der Waals surface area (Å²) < 4.78 is 16.1. The number of aliphatic hydroxyl groups excluding tert-OH is 2. The topological polar surface area (TPSA) is 106 Å². The molecule has 8 heteroatoms. The fourth-order valence-corrected chi connectivity index (χ4v) is 4.51. The quantitative estimate of drug-likeness (QED) is 0.275. The molecule has 0 spiro atoms. The molecule has 2 aromatic carbocycles. The summed E-state index contributed by atoms with van der Waals surface area (Å²) in [6, 6.07) is 11.0. The first-order valence-corrected chi connectivity index (χ1v) is 12.8. The van der Waals surface area contributed by atoms with Crippen molar-refractivity contribution in [3.8, 4) is 5.75 Å². The third-order valence-corrected chi connectivity index (χ3v) is 6.62. The van der Waals surface area contributed by atoms with Crippen LogP contribution in [0, 0.1) is 6.92 Å². The number of carbonyl (C=O) groups is 2. The number of aryl methyl sites for hydroxylation is 1. The molecule has 0 fully saturated rings. The lowest BCUT2D eigenvalue weighted by Crippen LogP contribution is -2.47. The summed E-state index contributed by atoms with van der Waals surface area (Å²) >= 11 is 0. The van der Waals surface area contributed by atoms with Crippen LogP contribution in [0.3, 0.4) is 0 Å². The van der Waals surface area contributed by atoms with E-state index in [2.05, 4.69) is 17.0 Å². The van der Waals surface area contributed by atoms with Gasteiger partial charge in [0.1, 0.15) is 5.75 Å². The van der Waals surface area contributed by atoms with Crippen molar-refractivity contribution in [2.75, 3.05) is 40.5 Å². The van der Waals surface area contributed by atoms with E-state index in [0.717, 1.165) is 24.3 Å². The van der Waals surface area contributed by atoms with Crippen molar-refractivity contribution in [3.63, 3.8) is 0 Å². The molecule has 0 unspecified atom stereocenters. The molecule has 0 bridgehead atoms. The van der Waals surface area contributed by atoms with E-state index < -0.39 is 17.4 Å². The number of nitrogens with zero attached hydrogens (tertiary/aromatic N) is 1. The monoisotopic (exact) mass is 515 g/mol. The van der Waals surface area contributed by atoms with Crippen molar-refractivity contribution in [2.24, 2.45) is 0 Å². The van der Waals surface area contributed by atoms with Crippen molar-refractivity contribution >= 4 is 11.9 Å². The minimum absolute atomic E-state index is 0.114. The van der Waals surface area contributed by atoms with Crippen LogP contribution in [0.5, 0.6) is 5.75 Å². The van der Waals surface area contributed by atoms with Crippen LogP contribution < -0.4 is 4.74 Å². The van der Waals surface area contributed by atoms with Gasteiger partial charge in [0.15, 0.2) is 5.41 Å². The fourth-order valence-electron chi connectivity index (χ4n) is 4.51. The van der Waals surface area contributed by atoms with Gasteiger partial charge < -0.3 is 29.3 Å². The second-order valence-corrected chi connectivity index (χ2v) is 9.11. The number of methoxy groups -OCH3 is 1. The number of aliphatic hydroxyl groups is 2. The zero-order valence-electron chi connectivity index (χ0n) is 22.7. The van der Waals surface area contributed by atoms with Gasteiger partial charge >= 0.3 is 11.9 Å². The van der Waals surface area contributed by atoms with Crippen LogP contribution in [0.15, 0.2) is 36.4 Å².